The van der Waals surface area contributed by atoms with Gasteiger partial charge in [0.25, 0.3) is 0 Å². The Balaban J connectivity index is 1.57. The van der Waals surface area contributed by atoms with Crippen LogP contribution in [-0.4, -0.2) is 34.6 Å². The zero-order chi connectivity index (χ0) is 21.7. The molecule has 0 saturated heterocycles. The molecule has 0 N–H and O–H groups in total. The van der Waals surface area contributed by atoms with Gasteiger partial charge in [-0.1, -0.05) is 36.3 Å². The van der Waals surface area contributed by atoms with Crippen LogP contribution in [0.1, 0.15) is 67.5 Å². The minimum absolute atomic E-state index is 0.236. The van der Waals surface area contributed by atoms with Crippen molar-refractivity contribution in [3.05, 3.63) is 58.2 Å². The first kappa shape index (κ1) is 21.9. The normalized spacial score (nSPS) is 15.8. The van der Waals surface area contributed by atoms with Gasteiger partial charge in [0, 0.05) is 16.8 Å². The van der Waals surface area contributed by atoms with E-state index in [4.69, 9.17) is 9.68 Å². The fourth-order valence-electron chi connectivity index (χ4n) is 3.36. The predicted octanol–water partition coefficient (Wildman–Crippen LogP) is 4.93. The third-order valence-electron chi connectivity index (χ3n) is 5.12. The van der Waals surface area contributed by atoms with E-state index in [0.717, 1.165) is 59.0 Å². The number of fused-ring (bicyclic) bond motifs is 1. The number of oxime groups is 2. The fourth-order valence-corrected chi connectivity index (χ4v) is 3.36. The molecule has 0 radical (unpaired) electrons. The first-order valence-corrected chi connectivity index (χ1v) is 10.5. The van der Waals surface area contributed by atoms with Gasteiger partial charge in [0.05, 0.1) is 11.4 Å². The Morgan fingerprint density at radius 3 is 2.47 bits per heavy atom. The number of aromatic nitrogens is 2. The van der Waals surface area contributed by atoms with E-state index in [0.29, 0.717) is 13.2 Å². The number of hydrogen-bond acceptors (Lipinski definition) is 6. The Kier molecular flexibility index (Phi) is 6.85. The molecule has 0 unspecified atom stereocenters. The van der Waals surface area contributed by atoms with Gasteiger partial charge in [-0.2, -0.15) is 0 Å². The number of hydrogen-bond donors (Lipinski definition) is 0. The van der Waals surface area contributed by atoms with E-state index in [-0.39, 0.29) is 5.41 Å². The van der Waals surface area contributed by atoms with Crippen molar-refractivity contribution < 1.29 is 9.68 Å². The lowest BCUT2D eigenvalue weighted by atomic mass is 9.94. The fraction of sp³-hybridized carbons (Fsp3) is 0.500. The molecule has 1 aliphatic rings. The maximum atomic E-state index is 5.72. The molecule has 0 bridgehead atoms. The molecule has 0 fully saturated rings. The van der Waals surface area contributed by atoms with Gasteiger partial charge in [0.15, 0.2) is 0 Å². The highest BCUT2D eigenvalue weighted by Crippen LogP contribution is 2.22. The average molecular weight is 409 g/mol. The Labute approximate surface area is 179 Å². The Morgan fingerprint density at radius 1 is 0.967 bits per heavy atom. The van der Waals surface area contributed by atoms with E-state index in [1.54, 1.807) is 0 Å². The van der Waals surface area contributed by atoms with Crippen molar-refractivity contribution in [3.63, 3.8) is 0 Å². The second-order valence-corrected chi connectivity index (χ2v) is 8.86. The minimum atomic E-state index is -0.236. The first-order valence-electron chi connectivity index (χ1n) is 10.5. The summed E-state index contributed by atoms with van der Waals surface area (Å²) in [4.78, 5) is 20.6. The van der Waals surface area contributed by atoms with Crippen molar-refractivity contribution in [1.82, 2.24) is 9.97 Å². The monoisotopic (exact) mass is 408 g/mol. The molecule has 2 aromatic rings. The summed E-state index contributed by atoms with van der Waals surface area (Å²) in [5.41, 5.74) is 7.63. The number of rotatable bonds is 7. The maximum absolute atomic E-state index is 5.72. The summed E-state index contributed by atoms with van der Waals surface area (Å²) < 4.78 is 0. The van der Waals surface area contributed by atoms with Crippen molar-refractivity contribution in [3.8, 4) is 0 Å². The lowest BCUT2D eigenvalue weighted by Gasteiger charge is -2.22. The third-order valence-corrected chi connectivity index (χ3v) is 5.12. The molecule has 0 spiro atoms. The van der Waals surface area contributed by atoms with E-state index in [1.807, 2.05) is 39.8 Å². The van der Waals surface area contributed by atoms with Crippen molar-refractivity contribution in [2.75, 3.05) is 13.2 Å². The van der Waals surface area contributed by atoms with E-state index in [2.05, 4.69) is 46.3 Å². The van der Waals surface area contributed by atoms with Crippen LogP contribution in [0.5, 0.6) is 0 Å². The van der Waals surface area contributed by atoms with Crippen molar-refractivity contribution in [2.45, 2.75) is 60.8 Å². The summed E-state index contributed by atoms with van der Waals surface area (Å²) in [6.45, 7) is 12.9. The van der Waals surface area contributed by atoms with E-state index >= 15 is 0 Å². The van der Waals surface area contributed by atoms with Crippen LogP contribution in [0, 0.1) is 26.2 Å². The molecule has 1 aliphatic carbocycles. The second-order valence-electron chi connectivity index (χ2n) is 8.86. The molecular weight excluding hydrogens is 376 g/mol. The van der Waals surface area contributed by atoms with Crippen molar-refractivity contribution in [2.24, 2.45) is 15.7 Å². The lowest BCUT2D eigenvalue weighted by Crippen LogP contribution is -2.24. The summed E-state index contributed by atoms with van der Waals surface area (Å²) in [5, 5.41) is 8.69. The zero-order valence-corrected chi connectivity index (χ0v) is 19.0. The number of pyridine rings is 2. The predicted molar refractivity (Wildman–Crippen MR) is 120 cm³/mol. The summed E-state index contributed by atoms with van der Waals surface area (Å²) >= 11 is 0. The molecule has 0 atom stereocenters. The summed E-state index contributed by atoms with van der Waals surface area (Å²) in [6, 6.07) is 8.25. The molecule has 0 aromatic carbocycles. The standard InChI is InChI=1S/C24H32N4O2/c1-16-10-11-17(2)25-22(16)19(4)27-29-14-24(5,6)15-30-28-21-9-7-8-20-13-12-18(3)26-23(20)21/h10-13H,7-9,14-15H2,1-6H3. The van der Waals surface area contributed by atoms with Crippen molar-refractivity contribution >= 4 is 11.4 Å². The molecular formula is C24H32N4O2. The zero-order valence-electron chi connectivity index (χ0n) is 19.0. The van der Waals surface area contributed by atoms with Crippen LogP contribution in [0.15, 0.2) is 34.6 Å². The molecule has 2 aromatic heterocycles. The molecule has 160 valence electrons. The topological polar surface area (TPSA) is 69.0 Å². The van der Waals surface area contributed by atoms with Crippen LogP contribution in [-0.2, 0) is 16.1 Å². The van der Waals surface area contributed by atoms with E-state index < -0.39 is 0 Å². The molecule has 30 heavy (non-hydrogen) atoms. The average Bonchev–Trinajstić information content (AvgIpc) is 2.69. The number of nitrogens with zero attached hydrogens (tertiary/aromatic N) is 4. The third kappa shape index (κ3) is 5.65. The van der Waals surface area contributed by atoms with Gasteiger partial charge < -0.3 is 9.68 Å². The molecule has 6 heteroatoms. The highest BCUT2D eigenvalue weighted by molar-refractivity contribution is 6.00. The van der Waals surface area contributed by atoms with Crippen molar-refractivity contribution in [1.29, 1.82) is 0 Å². The summed E-state index contributed by atoms with van der Waals surface area (Å²) in [5.74, 6) is 0. The number of aryl methyl sites for hydroxylation is 4. The Bertz CT molecular complexity index is 964. The highest BCUT2D eigenvalue weighted by Gasteiger charge is 2.22. The largest absolute Gasteiger partial charge is 0.395 e. The molecule has 0 aliphatic heterocycles. The van der Waals surface area contributed by atoms with Crippen LogP contribution in [0.4, 0.5) is 0 Å². The second kappa shape index (κ2) is 9.37. The minimum Gasteiger partial charge on any atom is -0.395 e. The van der Waals surface area contributed by atoms with Crippen LogP contribution >= 0.6 is 0 Å². The molecule has 0 amide bonds. The Morgan fingerprint density at radius 2 is 1.67 bits per heavy atom. The molecule has 3 rings (SSSR count). The lowest BCUT2D eigenvalue weighted by molar-refractivity contribution is -0.000161. The first-order chi connectivity index (χ1) is 14.2. The Hall–Kier alpha value is -2.76. The highest BCUT2D eigenvalue weighted by atomic mass is 16.6. The smallest absolute Gasteiger partial charge is 0.125 e. The van der Waals surface area contributed by atoms with E-state index in [1.165, 1.54) is 5.56 Å². The van der Waals surface area contributed by atoms with Gasteiger partial charge in [0.2, 0.25) is 0 Å². The summed E-state index contributed by atoms with van der Waals surface area (Å²) in [6.07, 6.45) is 3.02. The molecule has 6 nitrogen and oxygen atoms in total. The van der Waals surface area contributed by atoms with Crippen LogP contribution in [0.2, 0.25) is 0 Å². The quantitative estimate of drug-likeness (QED) is 0.481. The van der Waals surface area contributed by atoms with Crippen LogP contribution < -0.4 is 0 Å². The summed E-state index contributed by atoms with van der Waals surface area (Å²) in [7, 11) is 0. The van der Waals surface area contributed by atoms with E-state index in [9.17, 15) is 0 Å². The maximum Gasteiger partial charge on any atom is 0.125 e. The van der Waals surface area contributed by atoms with Crippen LogP contribution in [0.25, 0.3) is 0 Å². The SMILES string of the molecule is CC(=NOCC(C)(C)CON=C1CCCc2ccc(C)nc21)c1nc(C)ccc1C. The van der Waals surface area contributed by atoms with Gasteiger partial charge >= 0.3 is 0 Å². The molecule has 0 saturated carbocycles. The van der Waals surface area contributed by atoms with Gasteiger partial charge in [0.1, 0.15) is 24.6 Å². The van der Waals surface area contributed by atoms with Gasteiger partial charge in [-0.05, 0) is 70.2 Å². The van der Waals surface area contributed by atoms with Crippen LogP contribution in [0.3, 0.4) is 0 Å². The molecule has 2 heterocycles. The van der Waals surface area contributed by atoms with Gasteiger partial charge in [-0.25, -0.2) is 0 Å². The van der Waals surface area contributed by atoms with Gasteiger partial charge in [-0.15, -0.1) is 0 Å². The van der Waals surface area contributed by atoms with Gasteiger partial charge in [-0.3, -0.25) is 9.97 Å².